The zero-order chi connectivity index (χ0) is 14.5. The van der Waals surface area contributed by atoms with Crippen LogP contribution in [0, 0.1) is 9.39 Å². The van der Waals surface area contributed by atoms with Gasteiger partial charge in [0.25, 0.3) is 5.91 Å². The van der Waals surface area contributed by atoms with Crippen LogP contribution >= 0.6 is 22.6 Å². The SMILES string of the molecule is CCNc1cnc(C(=O)Nc2ccc(F)cc2I)cn1. The summed E-state index contributed by atoms with van der Waals surface area (Å²) in [6, 6.07) is 4.14. The first kappa shape index (κ1) is 14.6. The van der Waals surface area contributed by atoms with E-state index in [-0.39, 0.29) is 17.4 Å². The van der Waals surface area contributed by atoms with E-state index in [0.29, 0.717) is 15.1 Å². The van der Waals surface area contributed by atoms with E-state index >= 15 is 0 Å². The lowest BCUT2D eigenvalue weighted by Crippen LogP contribution is -2.15. The van der Waals surface area contributed by atoms with Crippen molar-refractivity contribution in [1.29, 1.82) is 0 Å². The zero-order valence-electron chi connectivity index (χ0n) is 10.7. The number of anilines is 2. The summed E-state index contributed by atoms with van der Waals surface area (Å²) in [5, 5.41) is 5.66. The molecule has 0 aliphatic heterocycles. The Labute approximate surface area is 129 Å². The molecule has 7 heteroatoms. The molecule has 104 valence electrons. The molecular weight excluding hydrogens is 374 g/mol. The van der Waals surface area contributed by atoms with E-state index in [1.807, 2.05) is 29.5 Å². The number of carbonyl (C=O) groups is 1. The van der Waals surface area contributed by atoms with Gasteiger partial charge in [0.15, 0.2) is 0 Å². The number of aromatic nitrogens is 2. The number of halogens is 2. The summed E-state index contributed by atoms with van der Waals surface area (Å²) in [7, 11) is 0. The minimum absolute atomic E-state index is 0.201. The van der Waals surface area contributed by atoms with Crippen LogP contribution in [-0.2, 0) is 0 Å². The minimum atomic E-state index is -0.384. The van der Waals surface area contributed by atoms with E-state index in [2.05, 4.69) is 20.6 Å². The van der Waals surface area contributed by atoms with Crippen molar-refractivity contribution in [2.24, 2.45) is 0 Å². The van der Waals surface area contributed by atoms with Crippen molar-refractivity contribution in [3.8, 4) is 0 Å². The van der Waals surface area contributed by atoms with E-state index in [1.54, 1.807) is 0 Å². The third-order valence-electron chi connectivity index (χ3n) is 2.42. The van der Waals surface area contributed by atoms with Crippen LogP contribution in [0.4, 0.5) is 15.9 Å². The highest BCUT2D eigenvalue weighted by atomic mass is 127. The zero-order valence-corrected chi connectivity index (χ0v) is 12.8. The molecule has 0 aliphatic carbocycles. The molecule has 0 saturated carbocycles. The molecule has 2 N–H and O–H groups in total. The van der Waals surface area contributed by atoms with E-state index < -0.39 is 0 Å². The molecule has 1 heterocycles. The maximum atomic E-state index is 13.0. The third-order valence-corrected chi connectivity index (χ3v) is 3.31. The van der Waals surface area contributed by atoms with Crippen molar-refractivity contribution >= 4 is 40.0 Å². The number of hydrogen-bond acceptors (Lipinski definition) is 4. The quantitative estimate of drug-likeness (QED) is 0.794. The van der Waals surface area contributed by atoms with E-state index in [9.17, 15) is 9.18 Å². The lowest BCUT2D eigenvalue weighted by molar-refractivity contribution is 0.102. The van der Waals surface area contributed by atoms with Gasteiger partial charge in [-0.25, -0.2) is 14.4 Å². The summed E-state index contributed by atoms with van der Waals surface area (Å²) in [6.07, 6.45) is 2.89. The van der Waals surface area contributed by atoms with Gasteiger partial charge in [0.05, 0.1) is 18.1 Å². The van der Waals surface area contributed by atoms with Gasteiger partial charge in [0.1, 0.15) is 17.3 Å². The smallest absolute Gasteiger partial charge is 0.275 e. The first-order valence-corrected chi connectivity index (χ1v) is 7.00. The van der Waals surface area contributed by atoms with E-state index in [1.165, 1.54) is 30.6 Å². The van der Waals surface area contributed by atoms with Crippen LogP contribution in [0.3, 0.4) is 0 Å². The molecule has 2 aromatic rings. The molecule has 1 amide bonds. The molecule has 5 nitrogen and oxygen atoms in total. The normalized spacial score (nSPS) is 10.2. The summed E-state index contributed by atoms with van der Waals surface area (Å²) < 4.78 is 13.6. The van der Waals surface area contributed by atoms with Crippen molar-refractivity contribution in [2.45, 2.75) is 6.92 Å². The Morgan fingerprint density at radius 3 is 2.75 bits per heavy atom. The number of nitrogens with one attached hydrogen (secondary N) is 2. The van der Waals surface area contributed by atoms with Crippen molar-refractivity contribution in [3.05, 3.63) is 45.7 Å². The van der Waals surface area contributed by atoms with Gasteiger partial charge in [0.2, 0.25) is 0 Å². The topological polar surface area (TPSA) is 66.9 Å². The van der Waals surface area contributed by atoms with Gasteiger partial charge in [-0.2, -0.15) is 0 Å². The van der Waals surface area contributed by atoms with Crippen molar-refractivity contribution in [3.63, 3.8) is 0 Å². The van der Waals surface area contributed by atoms with Gasteiger partial charge >= 0.3 is 0 Å². The first-order chi connectivity index (χ1) is 9.60. The Balaban J connectivity index is 2.11. The summed E-state index contributed by atoms with van der Waals surface area (Å²) >= 11 is 1.95. The molecule has 0 bridgehead atoms. The largest absolute Gasteiger partial charge is 0.369 e. The average Bonchev–Trinajstić information content (AvgIpc) is 2.43. The summed E-state index contributed by atoms with van der Waals surface area (Å²) in [6.45, 7) is 2.67. The summed E-state index contributed by atoms with van der Waals surface area (Å²) in [5.41, 5.74) is 0.737. The van der Waals surface area contributed by atoms with Crippen molar-refractivity contribution < 1.29 is 9.18 Å². The number of amides is 1. The Morgan fingerprint density at radius 1 is 1.35 bits per heavy atom. The van der Waals surface area contributed by atoms with Gasteiger partial charge in [-0.1, -0.05) is 0 Å². The molecule has 20 heavy (non-hydrogen) atoms. The van der Waals surface area contributed by atoms with Gasteiger partial charge < -0.3 is 10.6 Å². The van der Waals surface area contributed by atoms with Crippen LogP contribution in [0.5, 0.6) is 0 Å². The average molecular weight is 386 g/mol. The summed E-state index contributed by atoms with van der Waals surface area (Å²) in [4.78, 5) is 20.1. The first-order valence-electron chi connectivity index (χ1n) is 5.92. The Kier molecular flexibility index (Phi) is 4.83. The molecule has 1 aromatic heterocycles. The van der Waals surface area contributed by atoms with Crippen LogP contribution in [0.2, 0.25) is 0 Å². The number of nitrogens with zero attached hydrogens (tertiary/aromatic N) is 2. The number of benzene rings is 1. The Morgan fingerprint density at radius 2 is 2.15 bits per heavy atom. The molecule has 0 fully saturated rings. The van der Waals surface area contributed by atoms with Crippen LogP contribution in [0.15, 0.2) is 30.6 Å². The molecule has 0 saturated heterocycles. The molecule has 0 radical (unpaired) electrons. The van der Waals surface area contributed by atoms with Crippen LogP contribution in [-0.4, -0.2) is 22.4 Å². The highest BCUT2D eigenvalue weighted by Gasteiger charge is 2.10. The lowest BCUT2D eigenvalue weighted by Gasteiger charge is -2.07. The van der Waals surface area contributed by atoms with E-state index in [0.717, 1.165) is 6.54 Å². The molecule has 0 atom stereocenters. The number of rotatable bonds is 4. The lowest BCUT2D eigenvalue weighted by atomic mass is 10.3. The second-order valence-corrected chi connectivity index (χ2v) is 5.06. The maximum absolute atomic E-state index is 13.0. The fraction of sp³-hybridized carbons (Fsp3) is 0.154. The standard InChI is InChI=1S/C13H12FIN4O/c1-2-16-12-7-17-11(6-18-12)13(20)19-10-4-3-8(14)5-9(10)15/h3-7H,2H2,1H3,(H,16,18)(H,19,20). The Bertz CT molecular complexity index is 618. The monoisotopic (exact) mass is 386 g/mol. The fourth-order valence-electron chi connectivity index (χ4n) is 1.49. The minimum Gasteiger partial charge on any atom is -0.369 e. The highest BCUT2D eigenvalue weighted by molar-refractivity contribution is 14.1. The van der Waals surface area contributed by atoms with Gasteiger partial charge in [-0.15, -0.1) is 0 Å². The second kappa shape index (κ2) is 6.60. The number of hydrogen-bond donors (Lipinski definition) is 2. The van der Waals surface area contributed by atoms with Crippen molar-refractivity contribution in [2.75, 3.05) is 17.2 Å². The maximum Gasteiger partial charge on any atom is 0.275 e. The molecule has 0 aliphatic rings. The third kappa shape index (κ3) is 3.62. The van der Waals surface area contributed by atoms with Crippen LogP contribution < -0.4 is 10.6 Å². The van der Waals surface area contributed by atoms with Gasteiger partial charge in [-0.05, 0) is 47.7 Å². The molecule has 0 spiro atoms. The predicted octanol–water partition coefficient (Wildman–Crippen LogP) is 2.90. The van der Waals surface area contributed by atoms with Crippen molar-refractivity contribution in [1.82, 2.24) is 9.97 Å². The highest BCUT2D eigenvalue weighted by Crippen LogP contribution is 2.19. The van der Waals surface area contributed by atoms with Gasteiger partial charge in [0, 0.05) is 10.1 Å². The van der Waals surface area contributed by atoms with Crippen LogP contribution in [0.1, 0.15) is 17.4 Å². The second-order valence-electron chi connectivity index (χ2n) is 3.90. The molecule has 1 aromatic carbocycles. The Hall–Kier alpha value is -1.77. The summed E-state index contributed by atoms with van der Waals surface area (Å²) in [5.74, 6) is -0.118. The van der Waals surface area contributed by atoms with E-state index in [4.69, 9.17) is 0 Å². The number of carbonyl (C=O) groups excluding carboxylic acids is 1. The molecule has 2 rings (SSSR count). The predicted molar refractivity (Wildman–Crippen MR) is 83.3 cm³/mol. The molecular formula is C13H12FIN4O. The van der Waals surface area contributed by atoms with Crippen LogP contribution in [0.25, 0.3) is 0 Å². The van der Waals surface area contributed by atoms with Gasteiger partial charge in [-0.3, -0.25) is 4.79 Å². The fourth-order valence-corrected chi connectivity index (χ4v) is 2.11. The molecule has 0 unspecified atom stereocenters.